The van der Waals surface area contributed by atoms with Crippen LogP contribution in [0.2, 0.25) is 0 Å². The van der Waals surface area contributed by atoms with E-state index in [2.05, 4.69) is 145 Å². The number of aromatic nitrogens is 3. The molecule has 0 radical (unpaired) electrons. The summed E-state index contributed by atoms with van der Waals surface area (Å²) in [5, 5.41) is 4.80. The Morgan fingerprint density at radius 3 is 1.14 bits per heavy atom. The summed E-state index contributed by atoms with van der Waals surface area (Å²) in [7, 11) is 2.08. The van der Waals surface area contributed by atoms with Crippen LogP contribution >= 0.6 is 0 Å². The summed E-state index contributed by atoms with van der Waals surface area (Å²) in [5.41, 5.74) is 10.5. The van der Waals surface area contributed by atoms with Crippen LogP contribution < -0.4 is 0 Å². The van der Waals surface area contributed by atoms with Gasteiger partial charge in [0.05, 0.1) is 0 Å². The third-order valence-corrected chi connectivity index (χ3v) is 11.8. The van der Waals surface area contributed by atoms with E-state index < -0.39 is 0 Å². The van der Waals surface area contributed by atoms with Gasteiger partial charge >= 0.3 is 0 Å². The second-order valence-electron chi connectivity index (χ2n) is 15.7. The molecule has 0 saturated heterocycles. The summed E-state index contributed by atoms with van der Waals surface area (Å²) in [6.07, 6.45) is -0.222. The first kappa shape index (κ1) is 37.6. The highest BCUT2D eigenvalue weighted by Crippen LogP contribution is 2.45. The van der Waals surface area contributed by atoms with Crippen LogP contribution in [0.4, 0.5) is 0 Å². The fourth-order valence-corrected chi connectivity index (χ4v) is 8.69. The van der Waals surface area contributed by atoms with Crippen molar-refractivity contribution in [3.63, 3.8) is 0 Å². The molecule has 0 N–H and O–H groups in total. The molecule has 63 heavy (non-hydrogen) atoms. The fraction of sp³-hybridized carbons (Fsp3) is 0.0351. The zero-order valence-electron chi connectivity index (χ0n) is 34.5. The Balaban J connectivity index is 1.03. The van der Waals surface area contributed by atoms with Gasteiger partial charge < -0.3 is 4.90 Å². The van der Waals surface area contributed by atoms with E-state index in [0.717, 1.165) is 56.2 Å². The third kappa shape index (κ3) is 7.13. The number of hydrogen-bond donors (Lipinski definition) is 0. The Labute approximate surface area is 366 Å². The van der Waals surface area contributed by atoms with E-state index in [4.69, 9.17) is 24.9 Å². The molecule has 9 aromatic carbocycles. The SMILES string of the molecule is CN1C(c2ccc(-c3c(-c4ccc(-c5nc(-c6ccccc6)nc(-c6ccccc6)n5)cc4)c4ccccc4c4ccccc34)cc2)=NC(c2ccccc2)=NC1c1ccccc1. The van der Waals surface area contributed by atoms with Crippen molar-refractivity contribution in [3.8, 4) is 56.4 Å². The van der Waals surface area contributed by atoms with Crippen molar-refractivity contribution in [1.29, 1.82) is 0 Å². The second kappa shape index (κ2) is 16.3. The van der Waals surface area contributed by atoms with Crippen LogP contribution in [0.3, 0.4) is 0 Å². The molecule has 0 spiro atoms. The minimum atomic E-state index is -0.222. The second-order valence-corrected chi connectivity index (χ2v) is 15.7. The highest BCUT2D eigenvalue weighted by atomic mass is 15.3. The zero-order chi connectivity index (χ0) is 42.1. The van der Waals surface area contributed by atoms with Gasteiger partial charge in [-0.2, -0.15) is 0 Å². The molecule has 0 amide bonds. The molecule has 0 fully saturated rings. The van der Waals surface area contributed by atoms with Crippen molar-refractivity contribution >= 4 is 33.2 Å². The Kier molecular flexibility index (Phi) is 9.71. The normalized spacial score (nSPS) is 13.8. The fourth-order valence-electron chi connectivity index (χ4n) is 8.69. The molecule has 1 aliphatic rings. The van der Waals surface area contributed by atoms with Crippen LogP contribution in [0.1, 0.15) is 22.9 Å². The largest absolute Gasteiger partial charge is 0.333 e. The van der Waals surface area contributed by atoms with E-state index in [-0.39, 0.29) is 6.17 Å². The number of aliphatic imine (C=N–C) groups is 2. The Hall–Kier alpha value is -8.35. The smallest absolute Gasteiger partial charge is 0.164 e. The van der Waals surface area contributed by atoms with Gasteiger partial charge in [-0.15, -0.1) is 0 Å². The Bertz CT molecular complexity index is 3260. The zero-order valence-corrected chi connectivity index (χ0v) is 34.5. The van der Waals surface area contributed by atoms with Crippen LogP contribution in [0.15, 0.2) is 228 Å². The molecule has 11 rings (SSSR count). The first-order chi connectivity index (χ1) is 31.2. The molecular formula is C57H40N6. The van der Waals surface area contributed by atoms with Gasteiger partial charge in [-0.25, -0.2) is 24.9 Å². The number of fused-ring (bicyclic) bond motifs is 3. The number of amidine groups is 2. The lowest BCUT2D eigenvalue weighted by atomic mass is 9.84. The summed E-state index contributed by atoms with van der Waals surface area (Å²) in [4.78, 5) is 27.5. The Morgan fingerprint density at radius 2 is 0.683 bits per heavy atom. The molecule has 10 aromatic rings. The molecule has 298 valence electrons. The van der Waals surface area contributed by atoms with Crippen molar-refractivity contribution in [2.45, 2.75) is 6.17 Å². The van der Waals surface area contributed by atoms with E-state index in [9.17, 15) is 0 Å². The van der Waals surface area contributed by atoms with Crippen LogP contribution in [-0.4, -0.2) is 38.6 Å². The number of nitrogens with zero attached hydrogens (tertiary/aromatic N) is 6. The predicted molar refractivity (Wildman–Crippen MR) is 258 cm³/mol. The van der Waals surface area contributed by atoms with E-state index in [1.54, 1.807) is 0 Å². The number of benzene rings is 9. The highest BCUT2D eigenvalue weighted by Gasteiger charge is 2.27. The lowest BCUT2D eigenvalue weighted by Gasteiger charge is -2.32. The molecule has 6 nitrogen and oxygen atoms in total. The van der Waals surface area contributed by atoms with Crippen molar-refractivity contribution in [1.82, 2.24) is 19.9 Å². The van der Waals surface area contributed by atoms with Crippen molar-refractivity contribution in [3.05, 3.63) is 235 Å². The first-order valence-corrected chi connectivity index (χ1v) is 21.2. The van der Waals surface area contributed by atoms with Gasteiger partial charge in [0.2, 0.25) is 0 Å². The van der Waals surface area contributed by atoms with Crippen molar-refractivity contribution in [2.75, 3.05) is 7.05 Å². The first-order valence-electron chi connectivity index (χ1n) is 21.2. The Morgan fingerprint density at radius 1 is 0.333 bits per heavy atom. The van der Waals surface area contributed by atoms with Gasteiger partial charge in [-0.1, -0.05) is 218 Å². The minimum absolute atomic E-state index is 0.222. The summed E-state index contributed by atoms with van der Waals surface area (Å²) in [5.74, 6) is 3.49. The lowest BCUT2D eigenvalue weighted by molar-refractivity contribution is 0.383. The summed E-state index contributed by atoms with van der Waals surface area (Å²) < 4.78 is 0. The van der Waals surface area contributed by atoms with E-state index in [1.165, 1.54) is 32.7 Å². The average molecular weight is 809 g/mol. The van der Waals surface area contributed by atoms with Crippen molar-refractivity contribution < 1.29 is 0 Å². The molecule has 1 aliphatic heterocycles. The molecule has 6 heteroatoms. The monoisotopic (exact) mass is 808 g/mol. The molecule has 0 saturated carbocycles. The molecule has 2 heterocycles. The lowest BCUT2D eigenvalue weighted by Crippen LogP contribution is -2.35. The van der Waals surface area contributed by atoms with Gasteiger partial charge in [0.1, 0.15) is 12.0 Å². The summed E-state index contributed by atoms with van der Waals surface area (Å²) in [6, 6.07) is 75.9. The van der Waals surface area contributed by atoms with Gasteiger partial charge in [0.15, 0.2) is 23.3 Å². The van der Waals surface area contributed by atoms with E-state index >= 15 is 0 Å². The number of rotatable bonds is 8. The maximum atomic E-state index is 5.19. The topological polar surface area (TPSA) is 66.6 Å². The quantitative estimate of drug-likeness (QED) is 0.143. The standard InChI is InChI=1S/C57H40N6/c1-63-56(44-24-12-5-13-25-44)61-55(42-22-10-4-11-23-42)62-57(63)45-36-32-39(33-37-45)51-49-29-17-15-27-47(49)46-26-14-16-28-48(46)50(51)38-30-34-43(35-31-38)54-59-52(40-18-6-2-7-19-40)58-53(60-54)41-20-8-3-9-21-41/h2-37,56H,1H3. The van der Waals surface area contributed by atoms with Crippen LogP contribution in [0, 0.1) is 0 Å². The van der Waals surface area contributed by atoms with E-state index in [0.29, 0.717) is 17.5 Å². The van der Waals surface area contributed by atoms with Crippen LogP contribution in [0.25, 0.3) is 78.0 Å². The maximum absolute atomic E-state index is 5.19. The molecular weight excluding hydrogens is 769 g/mol. The third-order valence-electron chi connectivity index (χ3n) is 11.8. The number of hydrogen-bond acceptors (Lipinski definition) is 6. The maximum Gasteiger partial charge on any atom is 0.164 e. The van der Waals surface area contributed by atoms with Gasteiger partial charge in [0, 0.05) is 34.9 Å². The minimum Gasteiger partial charge on any atom is -0.333 e. The molecule has 1 aromatic heterocycles. The highest BCUT2D eigenvalue weighted by molar-refractivity contribution is 6.22. The van der Waals surface area contributed by atoms with Gasteiger partial charge in [-0.3, -0.25) is 0 Å². The molecule has 0 aliphatic carbocycles. The average Bonchev–Trinajstić information content (AvgIpc) is 3.37. The summed E-state index contributed by atoms with van der Waals surface area (Å²) in [6.45, 7) is 0. The van der Waals surface area contributed by atoms with E-state index in [1.807, 2.05) is 84.9 Å². The molecule has 1 unspecified atom stereocenters. The van der Waals surface area contributed by atoms with Crippen molar-refractivity contribution in [2.24, 2.45) is 9.98 Å². The van der Waals surface area contributed by atoms with Gasteiger partial charge in [-0.05, 0) is 49.4 Å². The van der Waals surface area contributed by atoms with Crippen LogP contribution in [0.5, 0.6) is 0 Å². The predicted octanol–water partition coefficient (Wildman–Crippen LogP) is 13.4. The van der Waals surface area contributed by atoms with Crippen LogP contribution in [-0.2, 0) is 0 Å². The summed E-state index contributed by atoms with van der Waals surface area (Å²) >= 11 is 0. The molecule has 0 bridgehead atoms. The molecule has 1 atom stereocenters. The van der Waals surface area contributed by atoms with Gasteiger partial charge in [0.25, 0.3) is 0 Å².